The first-order chi connectivity index (χ1) is 14.9. The summed E-state index contributed by atoms with van der Waals surface area (Å²) in [5.41, 5.74) is 5.02. The molecular formula is C28H27NS. The van der Waals surface area contributed by atoms with E-state index in [1.165, 1.54) is 36.0 Å². The number of hydrogen-bond acceptors (Lipinski definition) is 2. The molecule has 1 aliphatic carbocycles. The maximum atomic E-state index is 4.09. The van der Waals surface area contributed by atoms with Gasteiger partial charge in [0.2, 0.25) is 0 Å². The van der Waals surface area contributed by atoms with Crippen molar-refractivity contribution in [2.75, 3.05) is 6.54 Å². The van der Waals surface area contributed by atoms with E-state index in [0.29, 0.717) is 5.92 Å². The Morgan fingerprint density at radius 2 is 1.27 bits per heavy atom. The first-order valence-corrected chi connectivity index (χ1v) is 11.7. The summed E-state index contributed by atoms with van der Waals surface area (Å²) in [6.07, 6.45) is 3.78. The van der Waals surface area contributed by atoms with Gasteiger partial charge in [0.05, 0.1) is 5.54 Å². The Morgan fingerprint density at radius 3 is 1.80 bits per heavy atom. The zero-order valence-corrected chi connectivity index (χ0v) is 17.9. The number of benzene rings is 3. The third-order valence-corrected chi connectivity index (χ3v) is 7.41. The summed E-state index contributed by atoms with van der Waals surface area (Å²) in [6.45, 7) is 0.961. The highest BCUT2D eigenvalue weighted by Gasteiger charge is 2.36. The van der Waals surface area contributed by atoms with Gasteiger partial charge < -0.3 is 0 Å². The second-order valence-electron chi connectivity index (χ2n) is 8.12. The molecule has 0 aliphatic heterocycles. The van der Waals surface area contributed by atoms with E-state index >= 15 is 0 Å². The van der Waals surface area contributed by atoms with Crippen molar-refractivity contribution < 1.29 is 0 Å². The Labute approximate surface area is 183 Å². The summed E-state index contributed by atoms with van der Waals surface area (Å²) < 4.78 is 0. The maximum Gasteiger partial charge on any atom is 0.0948 e. The highest BCUT2D eigenvalue weighted by Crippen LogP contribution is 2.39. The molecule has 1 heterocycles. The zero-order valence-electron chi connectivity index (χ0n) is 17.1. The number of hydrogen-bond donors (Lipinski definition) is 1. The van der Waals surface area contributed by atoms with Crippen molar-refractivity contribution >= 4 is 11.3 Å². The van der Waals surface area contributed by atoms with E-state index < -0.39 is 0 Å². The molecule has 0 spiro atoms. The van der Waals surface area contributed by atoms with Crippen LogP contribution in [0.15, 0.2) is 102 Å². The van der Waals surface area contributed by atoms with Gasteiger partial charge in [-0.25, -0.2) is 0 Å². The molecule has 0 saturated carbocycles. The molecule has 4 aromatic rings. The van der Waals surface area contributed by atoms with Gasteiger partial charge in [-0.15, -0.1) is 11.3 Å². The van der Waals surface area contributed by atoms with Crippen molar-refractivity contribution in [3.05, 3.63) is 130 Å². The van der Waals surface area contributed by atoms with Crippen LogP contribution in [0.3, 0.4) is 0 Å². The van der Waals surface area contributed by atoms with Crippen LogP contribution in [0.2, 0.25) is 0 Å². The summed E-state index contributed by atoms with van der Waals surface area (Å²) in [5, 5.41) is 6.35. The molecule has 1 N–H and O–H groups in total. The van der Waals surface area contributed by atoms with Crippen LogP contribution < -0.4 is 5.32 Å². The molecule has 1 aliphatic rings. The minimum Gasteiger partial charge on any atom is -0.299 e. The lowest BCUT2D eigenvalue weighted by molar-refractivity contribution is 0.422. The van der Waals surface area contributed by atoms with Crippen molar-refractivity contribution in [3.63, 3.8) is 0 Å². The molecule has 0 bridgehead atoms. The maximum absolute atomic E-state index is 4.09. The zero-order chi connectivity index (χ0) is 20.2. The van der Waals surface area contributed by atoms with Crippen LogP contribution in [-0.4, -0.2) is 6.54 Å². The summed E-state index contributed by atoms with van der Waals surface area (Å²) in [7, 11) is 0. The van der Waals surface area contributed by atoms with Gasteiger partial charge in [0, 0.05) is 11.4 Å². The molecular weight excluding hydrogens is 382 g/mol. The molecule has 0 amide bonds. The van der Waals surface area contributed by atoms with Gasteiger partial charge in [0.15, 0.2) is 0 Å². The Bertz CT molecular complexity index is 973. The van der Waals surface area contributed by atoms with Gasteiger partial charge in [-0.1, -0.05) is 91.0 Å². The van der Waals surface area contributed by atoms with Crippen molar-refractivity contribution in [1.29, 1.82) is 0 Å². The van der Waals surface area contributed by atoms with Crippen LogP contribution in [0.1, 0.15) is 45.9 Å². The minimum atomic E-state index is -0.378. The lowest BCUT2D eigenvalue weighted by atomic mass is 9.76. The predicted molar refractivity (Wildman–Crippen MR) is 127 cm³/mol. The van der Waals surface area contributed by atoms with Crippen LogP contribution >= 0.6 is 11.3 Å². The molecule has 0 fully saturated rings. The predicted octanol–water partition coefficient (Wildman–Crippen LogP) is 6.75. The topological polar surface area (TPSA) is 12.0 Å². The number of rotatable bonds is 6. The highest BCUT2D eigenvalue weighted by molar-refractivity contribution is 7.10. The second-order valence-corrected chi connectivity index (χ2v) is 9.12. The Hall–Kier alpha value is -2.68. The fraction of sp³-hybridized carbons (Fsp3) is 0.214. The Kier molecular flexibility index (Phi) is 5.52. The largest absolute Gasteiger partial charge is 0.299 e. The monoisotopic (exact) mass is 409 g/mol. The van der Waals surface area contributed by atoms with E-state index in [2.05, 4.69) is 108 Å². The van der Waals surface area contributed by atoms with Gasteiger partial charge >= 0.3 is 0 Å². The summed E-state index contributed by atoms with van der Waals surface area (Å²) in [5.74, 6) is 0.565. The SMILES string of the molecule is c1ccc(C(NCC2CCCc3sccc32)(c2ccccc2)c2ccccc2)cc1. The van der Waals surface area contributed by atoms with Crippen molar-refractivity contribution in [2.24, 2.45) is 0 Å². The van der Waals surface area contributed by atoms with Crippen LogP contribution in [-0.2, 0) is 12.0 Å². The molecule has 3 aromatic carbocycles. The van der Waals surface area contributed by atoms with Crippen molar-refractivity contribution in [1.82, 2.24) is 5.32 Å². The van der Waals surface area contributed by atoms with Crippen LogP contribution in [0.25, 0.3) is 0 Å². The normalized spacial score (nSPS) is 16.2. The number of fused-ring (bicyclic) bond motifs is 1. The molecule has 0 radical (unpaired) electrons. The van der Waals surface area contributed by atoms with E-state index in [4.69, 9.17) is 0 Å². The Morgan fingerprint density at radius 1 is 0.733 bits per heavy atom. The third-order valence-electron chi connectivity index (χ3n) is 6.41. The molecule has 1 atom stereocenters. The fourth-order valence-electron chi connectivity index (χ4n) is 4.94. The molecule has 30 heavy (non-hydrogen) atoms. The van der Waals surface area contributed by atoms with E-state index in [1.54, 1.807) is 10.4 Å². The summed E-state index contributed by atoms with van der Waals surface area (Å²) in [6, 6.07) is 35.1. The van der Waals surface area contributed by atoms with Crippen molar-refractivity contribution in [3.8, 4) is 0 Å². The van der Waals surface area contributed by atoms with E-state index in [9.17, 15) is 0 Å². The molecule has 1 aromatic heterocycles. The lowest BCUT2D eigenvalue weighted by Gasteiger charge is -2.39. The van der Waals surface area contributed by atoms with E-state index in [0.717, 1.165) is 6.54 Å². The molecule has 1 unspecified atom stereocenters. The van der Waals surface area contributed by atoms with Gasteiger partial charge in [-0.3, -0.25) is 5.32 Å². The number of nitrogens with one attached hydrogen (secondary N) is 1. The first-order valence-electron chi connectivity index (χ1n) is 10.9. The highest BCUT2D eigenvalue weighted by atomic mass is 32.1. The van der Waals surface area contributed by atoms with Gasteiger partial charge in [0.25, 0.3) is 0 Å². The Balaban J connectivity index is 1.61. The number of thiophene rings is 1. The van der Waals surface area contributed by atoms with Crippen LogP contribution in [0, 0.1) is 0 Å². The average molecular weight is 410 g/mol. The summed E-state index contributed by atoms with van der Waals surface area (Å²) >= 11 is 1.92. The lowest BCUT2D eigenvalue weighted by Crippen LogP contribution is -2.46. The molecule has 1 nitrogen and oxygen atoms in total. The van der Waals surface area contributed by atoms with Gasteiger partial charge in [-0.2, -0.15) is 0 Å². The second kappa shape index (κ2) is 8.59. The van der Waals surface area contributed by atoms with Gasteiger partial charge in [-0.05, 0) is 58.9 Å². The van der Waals surface area contributed by atoms with Gasteiger partial charge in [0.1, 0.15) is 0 Å². The first kappa shape index (κ1) is 19.3. The average Bonchev–Trinajstić information content (AvgIpc) is 3.31. The minimum absolute atomic E-state index is 0.378. The fourth-order valence-corrected chi connectivity index (χ4v) is 5.95. The summed E-state index contributed by atoms with van der Waals surface area (Å²) in [4.78, 5) is 1.58. The number of aryl methyl sites for hydroxylation is 1. The van der Waals surface area contributed by atoms with Crippen LogP contribution in [0.4, 0.5) is 0 Å². The quantitative estimate of drug-likeness (QED) is 0.347. The van der Waals surface area contributed by atoms with E-state index in [1.807, 2.05) is 11.3 Å². The molecule has 5 rings (SSSR count). The van der Waals surface area contributed by atoms with E-state index in [-0.39, 0.29) is 5.54 Å². The molecule has 0 saturated heterocycles. The molecule has 150 valence electrons. The standard InChI is InChI=1S/C28H27NS/c1-4-12-23(13-5-1)28(24-14-6-2-7-15-24,25-16-8-3-9-17-25)29-21-22-11-10-18-27-26(22)19-20-30-27/h1-9,12-17,19-20,22,29H,10-11,18,21H2. The molecule has 2 heteroatoms. The van der Waals surface area contributed by atoms with Crippen LogP contribution in [0.5, 0.6) is 0 Å². The third kappa shape index (κ3) is 3.51. The smallest absolute Gasteiger partial charge is 0.0948 e. The van der Waals surface area contributed by atoms with Crippen molar-refractivity contribution in [2.45, 2.75) is 30.7 Å².